The van der Waals surface area contributed by atoms with Crippen molar-refractivity contribution in [1.82, 2.24) is 4.98 Å². The van der Waals surface area contributed by atoms with Crippen LogP contribution in [0, 0.1) is 0 Å². The van der Waals surface area contributed by atoms with Crippen molar-refractivity contribution >= 4 is 40.0 Å². The third kappa shape index (κ3) is 1.09. The Morgan fingerprint density at radius 3 is 3.09 bits per heavy atom. The van der Waals surface area contributed by atoms with Crippen LogP contribution in [-0.2, 0) is 0 Å². The number of thiazole rings is 1. The van der Waals surface area contributed by atoms with Crippen molar-refractivity contribution < 1.29 is 0 Å². The number of fused-ring (bicyclic) bond motifs is 1. The number of hydrogen-bond acceptors (Lipinski definition) is 3. The van der Waals surface area contributed by atoms with Gasteiger partial charge in [-0.15, -0.1) is 0 Å². The predicted octanol–water partition coefficient (Wildman–Crippen LogP) is 0.672. The monoisotopic (exact) mass is 160 g/mol. The molecule has 1 heterocycles. The molecule has 11 heavy (non-hydrogen) atoms. The van der Waals surface area contributed by atoms with Crippen molar-refractivity contribution in [3.8, 4) is 0 Å². The molecule has 2 rings (SSSR count). The highest BCUT2D eigenvalue weighted by Gasteiger charge is 1.98. The van der Waals surface area contributed by atoms with Crippen LogP contribution in [-0.4, -0.2) is 12.8 Å². The molecule has 0 bridgehead atoms. The van der Waals surface area contributed by atoms with Crippen LogP contribution in [0.25, 0.3) is 10.2 Å². The summed E-state index contributed by atoms with van der Waals surface area (Å²) in [5.41, 5.74) is 7.11. The van der Waals surface area contributed by atoms with Crippen LogP contribution < -0.4 is 11.2 Å². The van der Waals surface area contributed by atoms with Crippen LogP contribution in [0.5, 0.6) is 0 Å². The lowest BCUT2D eigenvalue weighted by molar-refractivity contribution is 1.50. The van der Waals surface area contributed by atoms with E-state index in [1.165, 1.54) is 11.3 Å². The molecule has 0 spiro atoms. The van der Waals surface area contributed by atoms with Gasteiger partial charge in [0, 0.05) is 0 Å². The van der Waals surface area contributed by atoms with E-state index >= 15 is 0 Å². The molecule has 0 aliphatic carbocycles. The lowest BCUT2D eigenvalue weighted by Gasteiger charge is -1.88. The van der Waals surface area contributed by atoms with E-state index in [9.17, 15) is 0 Å². The summed E-state index contributed by atoms with van der Waals surface area (Å²) in [5.74, 6) is 0. The van der Waals surface area contributed by atoms with Gasteiger partial charge in [0.1, 0.15) is 7.85 Å². The molecule has 0 fully saturated rings. The molecule has 2 radical (unpaired) electrons. The molecule has 4 heteroatoms. The minimum atomic E-state index is 0.589. The Balaban J connectivity index is 2.82. The Morgan fingerprint density at radius 1 is 1.45 bits per heavy atom. The molecular weight excluding hydrogens is 155 g/mol. The molecule has 2 aromatic rings. The van der Waals surface area contributed by atoms with Gasteiger partial charge in [0.2, 0.25) is 0 Å². The highest BCUT2D eigenvalue weighted by atomic mass is 32.1. The fourth-order valence-corrected chi connectivity index (χ4v) is 1.68. The van der Waals surface area contributed by atoms with Gasteiger partial charge in [0.05, 0.1) is 10.2 Å². The number of benzene rings is 1. The SMILES string of the molecule is [B]c1ccc2sc(N)nc2c1. The topological polar surface area (TPSA) is 38.9 Å². The van der Waals surface area contributed by atoms with Gasteiger partial charge in [-0.3, -0.25) is 0 Å². The molecule has 1 aromatic heterocycles. The Labute approximate surface area is 69.5 Å². The number of nitrogen functional groups attached to an aromatic ring is 1. The largest absolute Gasteiger partial charge is 0.375 e. The van der Waals surface area contributed by atoms with E-state index in [4.69, 9.17) is 13.6 Å². The fraction of sp³-hybridized carbons (Fsp3) is 0. The highest BCUT2D eigenvalue weighted by molar-refractivity contribution is 7.22. The van der Waals surface area contributed by atoms with E-state index in [-0.39, 0.29) is 0 Å². The van der Waals surface area contributed by atoms with Gasteiger partial charge in [-0.2, -0.15) is 0 Å². The Bertz CT molecular complexity index is 396. The molecule has 52 valence electrons. The second-order valence-corrected chi connectivity index (χ2v) is 3.34. The van der Waals surface area contributed by atoms with Crippen molar-refractivity contribution in [1.29, 1.82) is 0 Å². The first-order chi connectivity index (χ1) is 5.25. The first kappa shape index (κ1) is 6.67. The maximum absolute atomic E-state index is 5.56. The normalized spacial score (nSPS) is 10.5. The van der Waals surface area contributed by atoms with Crippen LogP contribution in [0.4, 0.5) is 5.13 Å². The van der Waals surface area contributed by atoms with Gasteiger partial charge in [-0.05, 0) is 12.1 Å². The van der Waals surface area contributed by atoms with Gasteiger partial charge in [0.15, 0.2) is 5.13 Å². The lowest BCUT2D eigenvalue weighted by Crippen LogP contribution is -1.98. The fourth-order valence-electron chi connectivity index (χ4n) is 0.962. The second-order valence-electron chi connectivity index (χ2n) is 2.28. The van der Waals surface area contributed by atoms with Crippen molar-refractivity contribution in [2.45, 2.75) is 0 Å². The minimum Gasteiger partial charge on any atom is -0.375 e. The van der Waals surface area contributed by atoms with E-state index < -0.39 is 0 Å². The van der Waals surface area contributed by atoms with Gasteiger partial charge in [-0.25, -0.2) is 4.98 Å². The van der Waals surface area contributed by atoms with E-state index in [2.05, 4.69) is 4.98 Å². The zero-order valence-corrected chi connectivity index (χ0v) is 6.56. The third-order valence-corrected chi connectivity index (χ3v) is 2.29. The summed E-state index contributed by atoms with van der Waals surface area (Å²) < 4.78 is 1.08. The summed E-state index contributed by atoms with van der Waals surface area (Å²) in [6, 6.07) is 5.60. The quantitative estimate of drug-likeness (QED) is 0.575. The molecule has 0 aliphatic heterocycles. The van der Waals surface area contributed by atoms with E-state index in [1.54, 1.807) is 0 Å². The molecule has 0 amide bonds. The number of hydrogen-bond donors (Lipinski definition) is 1. The smallest absolute Gasteiger partial charge is 0.181 e. The highest BCUT2D eigenvalue weighted by Crippen LogP contribution is 2.21. The van der Waals surface area contributed by atoms with E-state index in [0.29, 0.717) is 5.13 Å². The van der Waals surface area contributed by atoms with Crippen LogP contribution in [0.15, 0.2) is 18.2 Å². The summed E-state index contributed by atoms with van der Waals surface area (Å²) in [6.07, 6.45) is 0. The van der Waals surface area contributed by atoms with Crippen molar-refractivity contribution in [3.05, 3.63) is 18.2 Å². The molecule has 2 nitrogen and oxygen atoms in total. The standard InChI is InChI=1S/C7H5BN2S/c8-4-1-2-6-5(3-4)10-7(9)11-6/h1-3H,(H2,9,10). The van der Waals surface area contributed by atoms with Crippen LogP contribution >= 0.6 is 11.3 Å². The summed E-state index contributed by atoms with van der Waals surface area (Å²) >= 11 is 1.47. The van der Waals surface area contributed by atoms with Crippen molar-refractivity contribution in [2.24, 2.45) is 0 Å². The molecule has 1 aromatic carbocycles. The van der Waals surface area contributed by atoms with Crippen LogP contribution in [0.3, 0.4) is 0 Å². The third-order valence-electron chi connectivity index (χ3n) is 1.43. The second kappa shape index (κ2) is 2.24. The van der Waals surface area contributed by atoms with E-state index in [1.807, 2.05) is 18.2 Å². The number of nitrogens with zero attached hydrogens (tertiary/aromatic N) is 1. The molecule has 0 aliphatic rings. The number of rotatable bonds is 0. The van der Waals surface area contributed by atoms with Crippen molar-refractivity contribution in [3.63, 3.8) is 0 Å². The summed E-state index contributed by atoms with van der Waals surface area (Å²) in [6.45, 7) is 0. The molecule has 0 saturated heterocycles. The number of anilines is 1. The molecule has 0 saturated carbocycles. The molecule has 0 atom stereocenters. The van der Waals surface area contributed by atoms with Gasteiger partial charge >= 0.3 is 0 Å². The summed E-state index contributed by atoms with van der Waals surface area (Å²) in [7, 11) is 5.56. The summed E-state index contributed by atoms with van der Waals surface area (Å²) in [4.78, 5) is 4.09. The van der Waals surface area contributed by atoms with Crippen molar-refractivity contribution in [2.75, 3.05) is 5.73 Å². The Morgan fingerprint density at radius 2 is 2.27 bits per heavy atom. The first-order valence-electron chi connectivity index (χ1n) is 3.17. The van der Waals surface area contributed by atoms with Gasteiger partial charge < -0.3 is 5.73 Å². The zero-order chi connectivity index (χ0) is 7.84. The average Bonchev–Trinajstić information content (AvgIpc) is 2.27. The lowest BCUT2D eigenvalue weighted by atomic mass is 9.96. The van der Waals surface area contributed by atoms with Crippen LogP contribution in [0.1, 0.15) is 0 Å². The minimum absolute atomic E-state index is 0.589. The van der Waals surface area contributed by atoms with E-state index in [0.717, 1.165) is 15.7 Å². The molecular formula is C7H5BN2S. The maximum Gasteiger partial charge on any atom is 0.181 e. The Hall–Kier alpha value is -1.03. The number of aromatic nitrogens is 1. The molecule has 0 unspecified atom stereocenters. The predicted molar refractivity (Wildman–Crippen MR) is 49.4 cm³/mol. The Kier molecular flexibility index (Phi) is 1.36. The zero-order valence-electron chi connectivity index (χ0n) is 5.74. The van der Waals surface area contributed by atoms with Gasteiger partial charge in [-0.1, -0.05) is 22.9 Å². The number of nitrogens with two attached hydrogens (primary N) is 1. The maximum atomic E-state index is 5.56. The molecule has 2 N–H and O–H groups in total. The summed E-state index contributed by atoms with van der Waals surface area (Å²) in [5, 5.41) is 0.589. The average molecular weight is 160 g/mol. The van der Waals surface area contributed by atoms with Crippen LogP contribution in [0.2, 0.25) is 0 Å². The first-order valence-corrected chi connectivity index (χ1v) is 3.99. The van der Waals surface area contributed by atoms with Gasteiger partial charge in [0.25, 0.3) is 0 Å².